The molecule has 3 nitrogen and oxygen atoms in total. The first-order valence-corrected chi connectivity index (χ1v) is 7.54. The van der Waals surface area contributed by atoms with E-state index in [0.717, 1.165) is 17.9 Å². The molecule has 3 atom stereocenters. The van der Waals surface area contributed by atoms with Gasteiger partial charge in [0.05, 0.1) is 12.2 Å². The zero-order chi connectivity index (χ0) is 13.9. The van der Waals surface area contributed by atoms with Gasteiger partial charge < -0.3 is 9.47 Å². The van der Waals surface area contributed by atoms with Crippen molar-refractivity contribution in [1.29, 1.82) is 0 Å². The Labute approximate surface area is 120 Å². The summed E-state index contributed by atoms with van der Waals surface area (Å²) in [5, 5.41) is 0. The van der Waals surface area contributed by atoms with Crippen molar-refractivity contribution in [2.75, 3.05) is 20.3 Å². The number of Topliss-reactive ketones (excluding diaryl/α,β-unsaturated/α-hetero) is 1. The van der Waals surface area contributed by atoms with Crippen LogP contribution in [0.5, 0.6) is 5.75 Å². The van der Waals surface area contributed by atoms with Gasteiger partial charge >= 0.3 is 0 Å². The number of para-hydroxylation sites is 1. The number of methoxy groups -OCH3 is 1. The van der Waals surface area contributed by atoms with Crippen molar-refractivity contribution >= 4 is 5.78 Å². The van der Waals surface area contributed by atoms with Crippen LogP contribution in [0.15, 0.2) is 24.3 Å². The van der Waals surface area contributed by atoms with Crippen molar-refractivity contribution in [3.63, 3.8) is 0 Å². The van der Waals surface area contributed by atoms with Crippen LogP contribution in [0.4, 0.5) is 0 Å². The van der Waals surface area contributed by atoms with Crippen molar-refractivity contribution < 1.29 is 14.3 Å². The summed E-state index contributed by atoms with van der Waals surface area (Å²) in [5.74, 6) is 2.61. The highest BCUT2D eigenvalue weighted by atomic mass is 16.5. The molecule has 0 saturated heterocycles. The first-order valence-electron chi connectivity index (χ1n) is 7.54. The van der Waals surface area contributed by atoms with E-state index in [-0.39, 0.29) is 11.7 Å². The first kappa shape index (κ1) is 13.6. The predicted octanol–water partition coefficient (Wildman–Crippen LogP) is 3.33. The highest BCUT2D eigenvalue weighted by molar-refractivity contribution is 6.00. The fraction of sp³-hybridized carbons (Fsp3) is 0.588. The van der Waals surface area contributed by atoms with Crippen molar-refractivity contribution in [3.8, 4) is 5.75 Å². The molecule has 108 valence electrons. The van der Waals surface area contributed by atoms with Gasteiger partial charge in [0.2, 0.25) is 0 Å². The molecule has 2 bridgehead atoms. The van der Waals surface area contributed by atoms with E-state index in [9.17, 15) is 4.79 Å². The molecule has 3 unspecified atom stereocenters. The van der Waals surface area contributed by atoms with Gasteiger partial charge in [-0.15, -0.1) is 0 Å². The second-order valence-electron chi connectivity index (χ2n) is 5.98. The third kappa shape index (κ3) is 2.59. The number of rotatable bonds is 6. The monoisotopic (exact) mass is 274 g/mol. The minimum atomic E-state index is 0.223. The molecule has 0 N–H and O–H groups in total. The summed E-state index contributed by atoms with van der Waals surface area (Å²) >= 11 is 0. The lowest BCUT2D eigenvalue weighted by molar-refractivity contribution is 0.0867. The van der Waals surface area contributed by atoms with Gasteiger partial charge in [0.15, 0.2) is 5.78 Å². The molecule has 3 heteroatoms. The van der Waals surface area contributed by atoms with Crippen molar-refractivity contribution in [2.45, 2.75) is 25.7 Å². The lowest BCUT2D eigenvalue weighted by atomic mass is 9.83. The van der Waals surface area contributed by atoms with Gasteiger partial charge in [-0.2, -0.15) is 0 Å². The third-order valence-corrected chi connectivity index (χ3v) is 4.77. The standard InChI is InChI=1S/C17H22O3/c1-19-8-9-20-16-5-3-2-4-14(16)17(18)15-11-12-6-7-13(15)10-12/h2-5,12-13,15H,6-11H2,1H3. The minimum Gasteiger partial charge on any atom is -0.490 e. The van der Waals surface area contributed by atoms with Crippen LogP contribution in [0.2, 0.25) is 0 Å². The molecule has 2 aliphatic carbocycles. The first-order chi connectivity index (χ1) is 9.79. The van der Waals surface area contributed by atoms with Gasteiger partial charge in [-0.25, -0.2) is 0 Å². The molecule has 0 amide bonds. The number of carbonyl (C=O) groups is 1. The van der Waals surface area contributed by atoms with E-state index in [1.165, 1.54) is 19.3 Å². The molecule has 0 heterocycles. The molecule has 0 radical (unpaired) electrons. The highest BCUT2D eigenvalue weighted by Crippen LogP contribution is 2.49. The molecular formula is C17H22O3. The summed E-state index contributed by atoms with van der Waals surface area (Å²) in [6.07, 6.45) is 4.88. The van der Waals surface area contributed by atoms with Crippen molar-refractivity contribution in [3.05, 3.63) is 29.8 Å². The van der Waals surface area contributed by atoms with Gasteiger partial charge in [-0.05, 0) is 43.2 Å². The van der Waals surface area contributed by atoms with Crippen LogP contribution in [0.25, 0.3) is 0 Å². The van der Waals surface area contributed by atoms with E-state index in [1.807, 2.05) is 24.3 Å². The number of benzene rings is 1. The smallest absolute Gasteiger partial charge is 0.169 e. The van der Waals surface area contributed by atoms with E-state index in [4.69, 9.17) is 9.47 Å². The summed E-state index contributed by atoms with van der Waals surface area (Å²) in [4.78, 5) is 12.8. The molecule has 1 aromatic carbocycles. The van der Waals surface area contributed by atoms with E-state index < -0.39 is 0 Å². The van der Waals surface area contributed by atoms with Gasteiger partial charge in [0.25, 0.3) is 0 Å². The Morgan fingerprint density at radius 1 is 1.20 bits per heavy atom. The number of fused-ring (bicyclic) bond motifs is 2. The highest BCUT2D eigenvalue weighted by Gasteiger charge is 2.43. The Kier molecular flexibility index (Phi) is 4.06. The lowest BCUT2D eigenvalue weighted by Gasteiger charge is -2.21. The molecule has 0 spiro atoms. The lowest BCUT2D eigenvalue weighted by Crippen LogP contribution is -2.22. The second-order valence-corrected chi connectivity index (χ2v) is 5.98. The topological polar surface area (TPSA) is 35.5 Å². The van der Waals surface area contributed by atoms with Crippen LogP contribution in [-0.4, -0.2) is 26.1 Å². The average molecular weight is 274 g/mol. The molecular weight excluding hydrogens is 252 g/mol. The number of carbonyl (C=O) groups excluding carboxylic acids is 1. The van der Waals surface area contributed by atoms with Crippen LogP contribution in [0, 0.1) is 17.8 Å². The van der Waals surface area contributed by atoms with Crippen LogP contribution < -0.4 is 4.74 Å². The van der Waals surface area contributed by atoms with Crippen LogP contribution >= 0.6 is 0 Å². The van der Waals surface area contributed by atoms with Crippen molar-refractivity contribution in [2.24, 2.45) is 17.8 Å². The fourth-order valence-corrected chi connectivity index (χ4v) is 3.80. The number of ether oxygens (including phenoxy) is 2. The molecule has 2 fully saturated rings. The largest absolute Gasteiger partial charge is 0.490 e. The maximum Gasteiger partial charge on any atom is 0.169 e. The van der Waals surface area contributed by atoms with Crippen molar-refractivity contribution in [1.82, 2.24) is 0 Å². The van der Waals surface area contributed by atoms with Gasteiger partial charge in [0, 0.05) is 13.0 Å². The van der Waals surface area contributed by atoms with Gasteiger partial charge in [0.1, 0.15) is 12.4 Å². The Morgan fingerprint density at radius 3 is 2.75 bits per heavy atom. The fourth-order valence-electron chi connectivity index (χ4n) is 3.80. The molecule has 0 aliphatic heterocycles. The second kappa shape index (κ2) is 5.96. The zero-order valence-corrected chi connectivity index (χ0v) is 12.0. The Balaban J connectivity index is 1.74. The van der Waals surface area contributed by atoms with Crippen LogP contribution in [0.3, 0.4) is 0 Å². The normalized spacial score (nSPS) is 27.8. The summed E-state index contributed by atoms with van der Waals surface area (Å²) in [6.45, 7) is 1.02. The van der Waals surface area contributed by atoms with E-state index in [0.29, 0.717) is 24.9 Å². The van der Waals surface area contributed by atoms with Gasteiger partial charge in [-0.1, -0.05) is 18.6 Å². The average Bonchev–Trinajstić information content (AvgIpc) is 3.10. The molecule has 2 saturated carbocycles. The molecule has 20 heavy (non-hydrogen) atoms. The number of ketones is 1. The summed E-state index contributed by atoms with van der Waals surface area (Å²) in [6, 6.07) is 7.62. The molecule has 0 aromatic heterocycles. The van der Waals surface area contributed by atoms with Gasteiger partial charge in [-0.3, -0.25) is 4.79 Å². The Morgan fingerprint density at radius 2 is 2.05 bits per heavy atom. The molecule has 2 aliphatic rings. The maximum atomic E-state index is 12.8. The summed E-state index contributed by atoms with van der Waals surface area (Å²) in [7, 11) is 1.65. The zero-order valence-electron chi connectivity index (χ0n) is 12.0. The van der Waals surface area contributed by atoms with E-state index >= 15 is 0 Å². The molecule has 3 rings (SSSR count). The third-order valence-electron chi connectivity index (χ3n) is 4.77. The van der Waals surface area contributed by atoms with E-state index in [1.54, 1.807) is 7.11 Å². The predicted molar refractivity (Wildman–Crippen MR) is 77.1 cm³/mol. The Hall–Kier alpha value is -1.35. The Bertz CT molecular complexity index is 483. The van der Waals surface area contributed by atoms with Crippen LogP contribution in [0.1, 0.15) is 36.0 Å². The number of hydrogen-bond donors (Lipinski definition) is 0. The maximum absolute atomic E-state index is 12.8. The minimum absolute atomic E-state index is 0.223. The summed E-state index contributed by atoms with van der Waals surface area (Å²) < 4.78 is 10.7. The summed E-state index contributed by atoms with van der Waals surface area (Å²) in [5.41, 5.74) is 0.751. The van der Waals surface area contributed by atoms with Crippen LogP contribution in [-0.2, 0) is 4.74 Å². The molecule has 1 aromatic rings. The SMILES string of the molecule is COCCOc1ccccc1C(=O)C1CC2CCC1C2. The quantitative estimate of drug-likeness (QED) is 0.589. The van der Waals surface area contributed by atoms with E-state index in [2.05, 4.69) is 0 Å². The number of hydrogen-bond acceptors (Lipinski definition) is 3.